The Labute approximate surface area is 71.8 Å². The first-order valence-corrected chi connectivity index (χ1v) is 4.08. The summed E-state index contributed by atoms with van der Waals surface area (Å²) in [5, 5.41) is 25.4. The van der Waals surface area contributed by atoms with Crippen LogP contribution in [0.1, 0.15) is 38.5 Å². The summed E-state index contributed by atoms with van der Waals surface area (Å²) in [5.74, 6) is -2.53. The van der Waals surface area contributed by atoms with Crippen LogP contribution >= 0.6 is 0 Å². The number of rotatable bonds is 7. The predicted molar refractivity (Wildman–Crippen MR) is 42.8 cm³/mol. The van der Waals surface area contributed by atoms with Crippen molar-refractivity contribution < 1.29 is 20.1 Å². The predicted octanol–water partition coefficient (Wildman–Crippen LogP) is 0.0674. The molecule has 12 heavy (non-hydrogen) atoms. The van der Waals surface area contributed by atoms with Gasteiger partial charge in [-0.3, -0.25) is 4.79 Å². The molecular weight excluding hydrogens is 160 g/mol. The standard InChI is InChI=1S/C8H15O4/c9-7-5-3-1-2-4-6-8(10,11)12/h10-12H,1-6H2. The van der Waals surface area contributed by atoms with E-state index in [4.69, 9.17) is 15.3 Å². The summed E-state index contributed by atoms with van der Waals surface area (Å²) in [5.41, 5.74) is 0. The lowest BCUT2D eigenvalue weighted by Gasteiger charge is -2.12. The Hall–Kier alpha value is -0.450. The van der Waals surface area contributed by atoms with E-state index in [2.05, 4.69) is 0 Å². The molecule has 0 aromatic rings. The average molecular weight is 175 g/mol. The van der Waals surface area contributed by atoms with Crippen molar-refractivity contribution in [3.8, 4) is 0 Å². The van der Waals surface area contributed by atoms with Crippen LogP contribution < -0.4 is 0 Å². The normalized spacial score (nSPS) is 11.6. The molecule has 0 aromatic carbocycles. The van der Waals surface area contributed by atoms with Crippen LogP contribution in [-0.4, -0.2) is 27.6 Å². The van der Waals surface area contributed by atoms with Crippen LogP contribution in [0.5, 0.6) is 0 Å². The fraction of sp³-hybridized carbons (Fsp3) is 0.875. The number of aliphatic hydroxyl groups is 3. The zero-order valence-corrected chi connectivity index (χ0v) is 6.99. The third-order valence-corrected chi connectivity index (χ3v) is 1.54. The van der Waals surface area contributed by atoms with Crippen LogP contribution in [0, 0.1) is 0 Å². The van der Waals surface area contributed by atoms with E-state index >= 15 is 0 Å². The van der Waals surface area contributed by atoms with E-state index in [0.29, 0.717) is 12.8 Å². The number of unbranched alkanes of at least 4 members (excludes halogenated alkanes) is 4. The van der Waals surface area contributed by atoms with Crippen LogP contribution in [0.25, 0.3) is 0 Å². The van der Waals surface area contributed by atoms with Gasteiger partial charge in [0, 0.05) is 12.8 Å². The van der Waals surface area contributed by atoms with Gasteiger partial charge in [-0.25, -0.2) is 0 Å². The molecule has 1 radical (unpaired) electrons. The van der Waals surface area contributed by atoms with Crippen LogP contribution in [0.15, 0.2) is 0 Å². The molecule has 0 fully saturated rings. The highest BCUT2D eigenvalue weighted by molar-refractivity contribution is 5.50. The van der Waals surface area contributed by atoms with E-state index in [0.717, 1.165) is 19.3 Å². The highest BCUT2D eigenvalue weighted by Gasteiger charge is 2.16. The minimum atomic E-state index is -2.53. The molecule has 0 aliphatic heterocycles. The average Bonchev–Trinajstić information content (AvgIpc) is 1.94. The Kier molecular flexibility index (Phi) is 5.88. The zero-order valence-electron chi connectivity index (χ0n) is 6.99. The van der Waals surface area contributed by atoms with Gasteiger partial charge >= 0.3 is 0 Å². The second kappa shape index (κ2) is 6.11. The highest BCUT2D eigenvalue weighted by Crippen LogP contribution is 2.10. The van der Waals surface area contributed by atoms with Crippen LogP contribution in [-0.2, 0) is 4.79 Å². The van der Waals surface area contributed by atoms with Gasteiger partial charge in [-0.1, -0.05) is 12.8 Å². The van der Waals surface area contributed by atoms with Gasteiger partial charge in [0.2, 0.25) is 0 Å². The molecule has 0 aliphatic carbocycles. The molecule has 0 aliphatic rings. The quantitative estimate of drug-likeness (QED) is 0.378. The van der Waals surface area contributed by atoms with Gasteiger partial charge in [-0.2, -0.15) is 0 Å². The Morgan fingerprint density at radius 2 is 1.58 bits per heavy atom. The third-order valence-electron chi connectivity index (χ3n) is 1.54. The molecule has 0 atom stereocenters. The van der Waals surface area contributed by atoms with Gasteiger partial charge in [0.1, 0.15) is 0 Å². The van der Waals surface area contributed by atoms with Crippen molar-refractivity contribution in [1.29, 1.82) is 0 Å². The topological polar surface area (TPSA) is 77.8 Å². The fourth-order valence-electron chi connectivity index (χ4n) is 0.913. The van der Waals surface area contributed by atoms with Crippen molar-refractivity contribution in [2.24, 2.45) is 0 Å². The summed E-state index contributed by atoms with van der Waals surface area (Å²) in [7, 11) is 0. The Bertz CT molecular complexity index is 117. The monoisotopic (exact) mass is 175 g/mol. The summed E-state index contributed by atoms with van der Waals surface area (Å²) >= 11 is 0. The SMILES string of the molecule is O=[C]CCCCCCC(O)(O)O. The van der Waals surface area contributed by atoms with E-state index in [-0.39, 0.29) is 6.42 Å². The second-order valence-electron chi connectivity index (χ2n) is 2.83. The molecule has 4 nitrogen and oxygen atoms in total. The van der Waals surface area contributed by atoms with Crippen LogP contribution in [0.2, 0.25) is 0 Å². The summed E-state index contributed by atoms with van der Waals surface area (Å²) in [6.07, 6.45) is 5.12. The maximum absolute atomic E-state index is 9.75. The number of hydrogen-bond donors (Lipinski definition) is 3. The van der Waals surface area contributed by atoms with Gasteiger partial charge in [-0.15, -0.1) is 0 Å². The Morgan fingerprint density at radius 3 is 2.08 bits per heavy atom. The molecule has 0 saturated heterocycles. The first kappa shape index (κ1) is 11.6. The Balaban J connectivity index is 3.06. The van der Waals surface area contributed by atoms with Gasteiger partial charge in [0.15, 0.2) is 6.29 Å². The lowest BCUT2D eigenvalue weighted by Crippen LogP contribution is -2.26. The summed E-state index contributed by atoms with van der Waals surface area (Å²) < 4.78 is 0. The van der Waals surface area contributed by atoms with Crippen molar-refractivity contribution in [2.45, 2.75) is 44.5 Å². The molecular formula is C8H15O4. The molecule has 0 unspecified atom stereocenters. The minimum Gasteiger partial charge on any atom is -0.344 e. The molecule has 0 aromatic heterocycles. The number of hydrogen-bond acceptors (Lipinski definition) is 4. The molecule has 4 heteroatoms. The van der Waals surface area contributed by atoms with Gasteiger partial charge < -0.3 is 15.3 Å². The molecule has 0 saturated carbocycles. The van der Waals surface area contributed by atoms with E-state index in [1.807, 2.05) is 0 Å². The van der Waals surface area contributed by atoms with Crippen LogP contribution in [0.3, 0.4) is 0 Å². The van der Waals surface area contributed by atoms with E-state index < -0.39 is 5.97 Å². The Morgan fingerprint density at radius 1 is 1.00 bits per heavy atom. The lowest BCUT2D eigenvalue weighted by atomic mass is 10.1. The molecule has 0 heterocycles. The molecule has 71 valence electrons. The van der Waals surface area contributed by atoms with Crippen molar-refractivity contribution >= 4 is 6.29 Å². The maximum Gasteiger partial charge on any atom is 0.275 e. The largest absolute Gasteiger partial charge is 0.344 e. The van der Waals surface area contributed by atoms with Crippen LogP contribution in [0.4, 0.5) is 0 Å². The maximum atomic E-state index is 9.75. The van der Waals surface area contributed by atoms with E-state index in [9.17, 15) is 4.79 Å². The number of carbonyl (C=O) groups excluding carboxylic acids is 1. The zero-order chi connectivity index (χ0) is 9.45. The summed E-state index contributed by atoms with van der Waals surface area (Å²) in [4.78, 5) is 9.75. The first-order valence-electron chi connectivity index (χ1n) is 4.08. The first-order chi connectivity index (χ1) is 5.56. The van der Waals surface area contributed by atoms with E-state index in [1.54, 1.807) is 6.29 Å². The van der Waals surface area contributed by atoms with E-state index in [1.165, 1.54) is 0 Å². The molecule has 0 spiro atoms. The van der Waals surface area contributed by atoms with Crippen molar-refractivity contribution in [1.82, 2.24) is 0 Å². The van der Waals surface area contributed by atoms with Gasteiger partial charge in [0.25, 0.3) is 5.97 Å². The fourth-order valence-corrected chi connectivity index (χ4v) is 0.913. The van der Waals surface area contributed by atoms with Gasteiger partial charge in [0.05, 0.1) is 0 Å². The van der Waals surface area contributed by atoms with Crippen molar-refractivity contribution in [2.75, 3.05) is 0 Å². The third kappa shape index (κ3) is 9.55. The van der Waals surface area contributed by atoms with Crippen molar-refractivity contribution in [3.63, 3.8) is 0 Å². The van der Waals surface area contributed by atoms with Crippen molar-refractivity contribution in [3.05, 3.63) is 0 Å². The molecule has 3 N–H and O–H groups in total. The van der Waals surface area contributed by atoms with Gasteiger partial charge in [-0.05, 0) is 12.8 Å². The highest BCUT2D eigenvalue weighted by atomic mass is 16.7. The smallest absolute Gasteiger partial charge is 0.275 e. The minimum absolute atomic E-state index is 0.0438. The molecule has 0 amide bonds. The summed E-state index contributed by atoms with van der Waals surface area (Å²) in [6.45, 7) is 0. The molecule has 0 bridgehead atoms. The lowest BCUT2D eigenvalue weighted by molar-refractivity contribution is -0.315. The summed E-state index contributed by atoms with van der Waals surface area (Å²) in [6, 6.07) is 0. The molecule has 0 rings (SSSR count). The second-order valence-corrected chi connectivity index (χ2v) is 2.83.